The second kappa shape index (κ2) is 8.56. The lowest BCUT2D eigenvalue weighted by atomic mass is 10.2. The lowest BCUT2D eigenvalue weighted by Gasteiger charge is -2.34. The molecule has 9 nitrogen and oxygen atoms in total. The molecule has 3 rings (SSSR count). The zero-order chi connectivity index (χ0) is 20.3. The molecular weight excluding hydrogens is 382 g/mol. The van der Waals surface area contributed by atoms with Gasteiger partial charge in [-0.2, -0.15) is 4.72 Å². The van der Waals surface area contributed by atoms with Crippen molar-refractivity contribution in [1.82, 2.24) is 14.5 Å². The molecule has 0 spiro atoms. The van der Waals surface area contributed by atoms with E-state index in [0.717, 1.165) is 19.5 Å². The summed E-state index contributed by atoms with van der Waals surface area (Å²) in [6.07, 6.45) is 1.31. The molecule has 2 saturated heterocycles. The standard InChI is InChI=1S/C18H27N5O4S/c1-21-9-11-22(12-10-21)18(25)16(13-19)20-28(26,27)15-6-4-14(5-7-15)23-8-2-3-17(23)24/h4-7,16,20H,2-3,8-13,19H2,1H3/t16-/m0/s1. The monoisotopic (exact) mass is 409 g/mol. The summed E-state index contributed by atoms with van der Waals surface area (Å²) in [4.78, 5) is 29.9. The van der Waals surface area contributed by atoms with Gasteiger partial charge >= 0.3 is 0 Å². The van der Waals surface area contributed by atoms with Crippen molar-refractivity contribution in [3.63, 3.8) is 0 Å². The number of benzene rings is 1. The zero-order valence-electron chi connectivity index (χ0n) is 16.0. The fourth-order valence-corrected chi connectivity index (χ4v) is 4.63. The van der Waals surface area contributed by atoms with Crippen LogP contribution in [0.3, 0.4) is 0 Å². The van der Waals surface area contributed by atoms with E-state index in [1.807, 2.05) is 7.05 Å². The Labute approximate surface area is 165 Å². The minimum Gasteiger partial charge on any atom is -0.339 e. The molecule has 0 bridgehead atoms. The van der Waals surface area contributed by atoms with E-state index in [4.69, 9.17) is 5.73 Å². The van der Waals surface area contributed by atoms with Gasteiger partial charge in [-0.3, -0.25) is 9.59 Å². The predicted molar refractivity (Wildman–Crippen MR) is 105 cm³/mol. The van der Waals surface area contributed by atoms with Gasteiger partial charge in [0.2, 0.25) is 21.8 Å². The van der Waals surface area contributed by atoms with Gasteiger partial charge in [-0.1, -0.05) is 0 Å². The molecule has 0 aromatic heterocycles. The number of rotatable bonds is 6. The first-order valence-electron chi connectivity index (χ1n) is 9.42. The van der Waals surface area contributed by atoms with Crippen LogP contribution in [0.4, 0.5) is 5.69 Å². The SMILES string of the molecule is CN1CCN(C(=O)[C@H](CN)NS(=O)(=O)c2ccc(N3CCCC3=O)cc2)CC1. The minimum absolute atomic E-state index is 0.0347. The van der Waals surface area contributed by atoms with E-state index in [9.17, 15) is 18.0 Å². The van der Waals surface area contributed by atoms with Gasteiger partial charge < -0.3 is 20.4 Å². The first-order chi connectivity index (χ1) is 13.3. The lowest BCUT2D eigenvalue weighted by Crippen LogP contribution is -2.56. The van der Waals surface area contributed by atoms with Gasteiger partial charge in [0.05, 0.1) is 4.90 Å². The van der Waals surface area contributed by atoms with Crippen molar-refractivity contribution in [3.8, 4) is 0 Å². The molecule has 0 unspecified atom stereocenters. The highest BCUT2D eigenvalue weighted by Crippen LogP contribution is 2.23. The third-order valence-electron chi connectivity index (χ3n) is 5.18. The van der Waals surface area contributed by atoms with E-state index in [1.165, 1.54) is 12.1 Å². The van der Waals surface area contributed by atoms with Gasteiger partial charge in [-0.15, -0.1) is 0 Å². The number of nitrogens with two attached hydrogens (primary N) is 1. The van der Waals surface area contributed by atoms with E-state index in [2.05, 4.69) is 9.62 Å². The lowest BCUT2D eigenvalue weighted by molar-refractivity contribution is -0.134. The maximum atomic E-state index is 12.7. The Hall–Kier alpha value is -2.01. The normalized spacial score (nSPS) is 19.9. The van der Waals surface area contributed by atoms with Crippen LogP contribution in [0.15, 0.2) is 29.2 Å². The van der Waals surface area contributed by atoms with Gasteiger partial charge in [-0.05, 0) is 37.7 Å². The van der Waals surface area contributed by atoms with E-state index in [0.29, 0.717) is 31.7 Å². The van der Waals surface area contributed by atoms with Gasteiger partial charge in [-0.25, -0.2) is 8.42 Å². The molecule has 10 heteroatoms. The number of hydrogen-bond donors (Lipinski definition) is 2. The molecule has 2 fully saturated rings. The van der Waals surface area contributed by atoms with E-state index in [-0.39, 0.29) is 23.3 Å². The summed E-state index contributed by atoms with van der Waals surface area (Å²) in [6.45, 7) is 3.10. The quantitative estimate of drug-likeness (QED) is 0.635. The fraction of sp³-hybridized carbons (Fsp3) is 0.556. The van der Waals surface area contributed by atoms with Crippen molar-refractivity contribution in [3.05, 3.63) is 24.3 Å². The average molecular weight is 410 g/mol. The van der Waals surface area contributed by atoms with Crippen molar-refractivity contribution in [2.45, 2.75) is 23.8 Å². The number of amides is 2. The van der Waals surface area contributed by atoms with Gasteiger partial charge in [0, 0.05) is 51.4 Å². The van der Waals surface area contributed by atoms with Gasteiger partial charge in [0.1, 0.15) is 6.04 Å². The Bertz CT molecular complexity index is 819. The summed E-state index contributed by atoms with van der Waals surface area (Å²) in [7, 11) is -1.93. The Morgan fingerprint density at radius 3 is 2.32 bits per heavy atom. The third kappa shape index (κ3) is 4.52. The molecule has 3 N–H and O–H groups in total. The highest BCUT2D eigenvalue weighted by Gasteiger charge is 2.30. The number of piperazine rings is 1. The van der Waals surface area contributed by atoms with Gasteiger partial charge in [0.25, 0.3) is 0 Å². The van der Waals surface area contributed by atoms with Crippen molar-refractivity contribution in [1.29, 1.82) is 0 Å². The second-order valence-electron chi connectivity index (χ2n) is 7.18. The zero-order valence-corrected chi connectivity index (χ0v) is 16.8. The second-order valence-corrected chi connectivity index (χ2v) is 8.89. The van der Waals surface area contributed by atoms with E-state index in [1.54, 1.807) is 21.9 Å². The van der Waals surface area contributed by atoms with Crippen molar-refractivity contribution in [2.24, 2.45) is 5.73 Å². The first-order valence-corrected chi connectivity index (χ1v) is 10.9. The van der Waals surface area contributed by atoms with Crippen LogP contribution in [0.25, 0.3) is 0 Å². The molecule has 28 heavy (non-hydrogen) atoms. The highest BCUT2D eigenvalue weighted by atomic mass is 32.2. The molecule has 2 aliphatic rings. The summed E-state index contributed by atoms with van der Waals surface area (Å²) in [5.41, 5.74) is 6.36. The topological polar surface area (TPSA) is 116 Å². The molecule has 1 aromatic rings. The summed E-state index contributed by atoms with van der Waals surface area (Å²) < 4.78 is 27.9. The molecule has 2 heterocycles. The molecular formula is C18H27N5O4S. The molecule has 0 radical (unpaired) electrons. The van der Waals surface area contributed by atoms with Crippen LogP contribution in [0, 0.1) is 0 Å². The van der Waals surface area contributed by atoms with Gasteiger partial charge in [0.15, 0.2) is 0 Å². The number of nitrogens with zero attached hydrogens (tertiary/aromatic N) is 3. The summed E-state index contributed by atoms with van der Waals surface area (Å²) >= 11 is 0. The number of carbonyl (C=O) groups is 2. The van der Waals surface area contributed by atoms with Crippen LogP contribution in [-0.4, -0.2) is 82.4 Å². The Morgan fingerprint density at radius 1 is 1.14 bits per heavy atom. The molecule has 1 aromatic carbocycles. The largest absolute Gasteiger partial charge is 0.339 e. The Balaban J connectivity index is 1.69. The van der Waals surface area contributed by atoms with Crippen molar-refractivity contribution < 1.29 is 18.0 Å². The average Bonchev–Trinajstić information content (AvgIpc) is 3.12. The van der Waals surface area contributed by atoms with Crippen LogP contribution in [0.5, 0.6) is 0 Å². The number of sulfonamides is 1. The van der Waals surface area contributed by atoms with Crippen LogP contribution in [-0.2, 0) is 19.6 Å². The number of nitrogens with one attached hydrogen (secondary N) is 1. The highest BCUT2D eigenvalue weighted by molar-refractivity contribution is 7.89. The van der Waals surface area contributed by atoms with E-state index >= 15 is 0 Å². The molecule has 1 atom stereocenters. The van der Waals surface area contributed by atoms with Crippen LogP contribution in [0.1, 0.15) is 12.8 Å². The van der Waals surface area contributed by atoms with Crippen molar-refractivity contribution >= 4 is 27.5 Å². The summed E-state index contributed by atoms with van der Waals surface area (Å²) in [6, 6.07) is 5.09. The Kier molecular flexibility index (Phi) is 6.33. The molecule has 154 valence electrons. The minimum atomic E-state index is -3.91. The smallest absolute Gasteiger partial charge is 0.242 e. The third-order valence-corrected chi connectivity index (χ3v) is 6.67. The maximum Gasteiger partial charge on any atom is 0.242 e. The van der Waals surface area contributed by atoms with Crippen LogP contribution in [0.2, 0.25) is 0 Å². The predicted octanol–water partition coefficient (Wildman–Crippen LogP) is -0.807. The van der Waals surface area contributed by atoms with Crippen LogP contribution < -0.4 is 15.4 Å². The molecule has 2 aliphatic heterocycles. The van der Waals surface area contributed by atoms with Crippen LogP contribution >= 0.6 is 0 Å². The molecule has 2 amide bonds. The fourth-order valence-electron chi connectivity index (χ4n) is 3.43. The van der Waals surface area contributed by atoms with E-state index < -0.39 is 16.1 Å². The maximum absolute atomic E-state index is 12.7. The number of carbonyl (C=O) groups excluding carboxylic acids is 2. The molecule has 0 saturated carbocycles. The summed E-state index contributed by atoms with van der Waals surface area (Å²) in [5.74, 6) is -0.270. The Morgan fingerprint density at radius 2 is 1.79 bits per heavy atom. The molecule has 0 aliphatic carbocycles. The summed E-state index contributed by atoms with van der Waals surface area (Å²) in [5, 5.41) is 0. The number of hydrogen-bond acceptors (Lipinski definition) is 6. The number of anilines is 1. The number of likely N-dealkylation sites (N-methyl/N-ethyl adjacent to an activating group) is 1. The van der Waals surface area contributed by atoms with Crippen molar-refractivity contribution in [2.75, 3.05) is 51.2 Å². The first kappa shape index (κ1) is 20.7.